The molecule has 0 radical (unpaired) electrons. The average molecular weight is 298 g/mol. The van der Waals surface area contributed by atoms with E-state index < -0.39 is 0 Å². The van der Waals surface area contributed by atoms with Crippen LogP contribution in [0.2, 0.25) is 0 Å². The predicted molar refractivity (Wildman–Crippen MR) is 76.7 cm³/mol. The highest BCUT2D eigenvalue weighted by Crippen LogP contribution is 2.16. The van der Waals surface area contributed by atoms with E-state index in [1.54, 1.807) is 0 Å². The van der Waals surface area contributed by atoms with Crippen molar-refractivity contribution in [1.29, 1.82) is 0 Å². The first-order chi connectivity index (χ1) is 8.15. The molecule has 0 aromatic heterocycles. The van der Waals surface area contributed by atoms with Crippen LogP contribution in [0.15, 0.2) is 24.3 Å². The number of anilines is 1. The minimum absolute atomic E-state index is 0.0900. The van der Waals surface area contributed by atoms with Crippen LogP contribution >= 0.6 is 15.9 Å². The maximum atomic E-state index is 11.4. The van der Waals surface area contributed by atoms with Gasteiger partial charge in [0, 0.05) is 16.9 Å². The Morgan fingerprint density at radius 1 is 1.29 bits per heavy atom. The molecule has 17 heavy (non-hydrogen) atoms. The van der Waals surface area contributed by atoms with Crippen molar-refractivity contribution in [3.8, 4) is 0 Å². The first kappa shape index (κ1) is 14.2. The molecule has 1 N–H and O–H groups in total. The van der Waals surface area contributed by atoms with Gasteiger partial charge in [0.15, 0.2) is 0 Å². The third-order valence-corrected chi connectivity index (χ3v) is 3.59. The molecule has 3 heteroatoms. The Hall–Kier alpha value is -0.830. The number of nitrogens with one attached hydrogen (secondary N) is 1. The first-order valence-electron chi connectivity index (χ1n) is 6.18. The molecule has 1 unspecified atom stereocenters. The van der Waals surface area contributed by atoms with E-state index in [0.717, 1.165) is 24.9 Å². The lowest BCUT2D eigenvalue weighted by molar-refractivity contribution is -0.116. The lowest BCUT2D eigenvalue weighted by Crippen LogP contribution is -2.10. The van der Waals surface area contributed by atoms with Crippen molar-refractivity contribution in [3.63, 3.8) is 0 Å². The summed E-state index contributed by atoms with van der Waals surface area (Å²) >= 11 is 3.62. The van der Waals surface area contributed by atoms with E-state index in [1.807, 2.05) is 19.1 Å². The van der Waals surface area contributed by atoms with Gasteiger partial charge in [-0.25, -0.2) is 0 Å². The second-order valence-corrected chi connectivity index (χ2v) is 5.50. The summed E-state index contributed by atoms with van der Waals surface area (Å²) in [6.45, 7) is 4.17. The van der Waals surface area contributed by atoms with Crippen molar-refractivity contribution in [2.75, 3.05) is 5.32 Å². The average Bonchev–Trinajstić information content (AvgIpc) is 2.32. The normalized spacial score (nSPS) is 12.2. The summed E-state index contributed by atoms with van der Waals surface area (Å²) in [4.78, 5) is 11.9. The van der Waals surface area contributed by atoms with Crippen molar-refractivity contribution in [1.82, 2.24) is 0 Å². The Morgan fingerprint density at radius 2 is 1.94 bits per heavy atom. The van der Waals surface area contributed by atoms with Crippen LogP contribution in [0.5, 0.6) is 0 Å². The van der Waals surface area contributed by atoms with Crippen molar-refractivity contribution >= 4 is 27.5 Å². The van der Waals surface area contributed by atoms with E-state index in [-0.39, 0.29) is 5.91 Å². The quantitative estimate of drug-likeness (QED) is 0.786. The summed E-state index contributed by atoms with van der Waals surface area (Å²) in [6.07, 6.45) is 3.61. The highest BCUT2D eigenvalue weighted by atomic mass is 79.9. The van der Waals surface area contributed by atoms with E-state index in [2.05, 4.69) is 40.3 Å². The molecule has 0 heterocycles. The van der Waals surface area contributed by atoms with Gasteiger partial charge in [-0.15, -0.1) is 0 Å². The molecule has 0 saturated heterocycles. The molecule has 2 nitrogen and oxygen atoms in total. The first-order valence-corrected chi connectivity index (χ1v) is 7.10. The highest BCUT2D eigenvalue weighted by Gasteiger charge is 2.04. The van der Waals surface area contributed by atoms with Gasteiger partial charge in [-0.2, -0.15) is 0 Å². The smallest absolute Gasteiger partial charge is 0.224 e. The summed E-state index contributed by atoms with van der Waals surface area (Å²) in [5.74, 6) is 0.0900. The standard InChI is InChI=1S/C14H20BrNO/c1-3-5-14(17)16-13-8-6-11(7-9-13)10-12(15)4-2/h6-9,12H,3-5,10H2,1-2H3,(H,16,17). The summed E-state index contributed by atoms with van der Waals surface area (Å²) in [5, 5.41) is 2.89. The molecule has 1 amide bonds. The molecule has 1 aromatic rings. The molecule has 1 aromatic carbocycles. The molecular formula is C14H20BrNO. The fourth-order valence-corrected chi connectivity index (χ4v) is 1.95. The molecule has 1 rings (SSSR count). The topological polar surface area (TPSA) is 29.1 Å². The summed E-state index contributed by atoms with van der Waals surface area (Å²) in [7, 11) is 0. The van der Waals surface area contributed by atoms with Crippen molar-refractivity contribution in [3.05, 3.63) is 29.8 Å². The van der Waals surface area contributed by atoms with E-state index in [4.69, 9.17) is 0 Å². The van der Waals surface area contributed by atoms with Crippen LogP contribution in [-0.2, 0) is 11.2 Å². The van der Waals surface area contributed by atoms with Crippen molar-refractivity contribution in [2.45, 2.75) is 44.4 Å². The lowest BCUT2D eigenvalue weighted by atomic mass is 10.1. The van der Waals surface area contributed by atoms with Crippen LogP contribution in [0.1, 0.15) is 38.7 Å². The van der Waals surface area contributed by atoms with Gasteiger partial charge in [0.1, 0.15) is 0 Å². The molecule has 0 fully saturated rings. The fraction of sp³-hybridized carbons (Fsp3) is 0.500. The van der Waals surface area contributed by atoms with Gasteiger partial charge in [0.25, 0.3) is 0 Å². The van der Waals surface area contributed by atoms with Crippen LogP contribution in [0.3, 0.4) is 0 Å². The maximum Gasteiger partial charge on any atom is 0.224 e. The number of alkyl halides is 1. The SMILES string of the molecule is CCCC(=O)Nc1ccc(CC(Br)CC)cc1. The fourth-order valence-electron chi connectivity index (χ4n) is 1.57. The third-order valence-electron chi connectivity index (χ3n) is 2.61. The number of amides is 1. The number of benzene rings is 1. The second kappa shape index (κ2) is 7.49. The van der Waals surface area contributed by atoms with Crippen LogP contribution in [0.4, 0.5) is 5.69 Å². The predicted octanol–water partition coefficient (Wildman–Crippen LogP) is 4.14. The molecule has 0 bridgehead atoms. The lowest BCUT2D eigenvalue weighted by Gasteiger charge is -2.08. The number of carbonyl (C=O) groups is 1. The Balaban J connectivity index is 2.52. The number of carbonyl (C=O) groups excluding carboxylic acids is 1. The number of rotatable bonds is 6. The molecule has 94 valence electrons. The van der Waals surface area contributed by atoms with Gasteiger partial charge < -0.3 is 5.32 Å². The minimum atomic E-state index is 0.0900. The van der Waals surface area contributed by atoms with Crippen LogP contribution in [0.25, 0.3) is 0 Å². The Bertz CT molecular complexity index is 348. The van der Waals surface area contributed by atoms with E-state index in [9.17, 15) is 4.79 Å². The number of hydrogen-bond acceptors (Lipinski definition) is 1. The molecular weight excluding hydrogens is 278 g/mol. The molecule has 0 aliphatic rings. The maximum absolute atomic E-state index is 11.4. The zero-order valence-corrected chi connectivity index (χ0v) is 12.1. The summed E-state index contributed by atoms with van der Waals surface area (Å²) < 4.78 is 0. The van der Waals surface area contributed by atoms with Crippen molar-refractivity contribution < 1.29 is 4.79 Å². The highest BCUT2D eigenvalue weighted by molar-refractivity contribution is 9.09. The Kier molecular flexibility index (Phi) is 6.27. The van der Waals surface area contributed by atoms with Gasteiger partial charge in [-0.1, -0.05) is 41.9 Å². The van der Waals surface area contributed by atoms with E-state index in [1.165, 1.54) is 5.56 Å². The number of hydrogen-bond donors (Lipinski definition) is 1. The van der Waals surface area contributed by atoms with Gasteiger partial charge >= 0.3 is 0 Å². The zero-order valence-electron chi connectivity index (χ0n) is 10.5. The molecule has 0 saturated carbocycles. The van der Waals surface area contributed by atoms with E-state index in [0.29, 0.717) is 11.2 Å². The van der Waals surface area contributed by atoms with Crippen LogP contribution in [0, 0.1) is 0 Å². The van der Waals surface area contributed by atoms with Gasteiger partial charge in [0.2, 0.25) is 5.91 Å². The number of halogens is 1. The monoisotopic (exact) mass is 297 g/mol. The van der Waals surface area contributed by atoms with Gasteiger partial charge in [0.05, 0.1) is 0 Å². The molecule has 0 spiro atoms. The van der Waals surface area contributed by atoms with Crippen LogP contribution in [-0.4, -0.2) is 10.7 Å². The Labute approximate surface area is 112 Å². The molecule has 0 aliphatic heterocycles. The van der Waals surface area contributed by atoms with E-state index >= 15 is 0 Å². The van der Waals surface area contributed by atoms with Gasteiger partial charge in [-0.05, 0) is 37.0 Å². The van der Waals surface area contributed by atoms with Crippen molar-refractivity contribution in [2.24, 2.45) is 0 Å². The third kappa shape index (κ3) is 5.35. The van der Waals surface area contributed by atoms with Gasteiger partial charge in [-0.3, -0.25) is 4.79 Å². The zero-order chi connectivity index (χ0) is 12.7. The van der Waals surface area contributed by atoms with Crippen LogP contribution < -0.4 is 5.32 Å². The summed E-state index contributed by atoms with van der Waals surface area (Å²) in [5.41, 5.74) is 2.18. The second-order valence-electron chi connectivity index (χ2n) is 4.20. The molecule has 1 atom stereocenters. The summed E-state index contributed by atoms with van der Waals surface area (Å²) in [6, 6.07) is 8.09. The molecule has 0 aliphatic carbocycles. The largest absolute Gasteiger partial charge is 0.326 e. The Morgan fingerprint density at radius 3 is 2.47 bits per heavy atom. The minimum Gasteiger partial charge on any atom is -0.326 e.